The standard InChI is InChI=1S/C12H17BO2S/c1-11(2)12(3,4)15-13(14-11)9-6-5-7-10(16)8-9/h5-8,16H,1-4H3. The highest BCUT2D eigenvalue weighted by molar-refractivity contribution is 7.80. The van der Waals surface area contributed by atoms with E-state index in [0.717, 1.165) is 10.4 Å². The Morgan fingerprint density at radius 1 is 1.06 bits per heavy atom. The quantitative estimate of drug-likeness (QED) is 0.595. The average Bonchev–Trinajstić information content (AvgIpc) is 2.36. The number of thiol groups is 1. The lowest BCUT2D eigenvalue weighted by Gasteiger charge is -2.32. The van der Waals surface area contributed by atoms with Crippen molar-refractivity contribution in [1.82, 2.24) is 0 Å². The molecule has 0 amide bonds. The lowest BCUT2D eigenvalue weighted by atomic mass is 9.79. The Bertz CT molecular complexity index is 388. The third-order valence-electron chi connectivity index (χ3n) is 3.40. The number of benzene rings is 1. The Hall–Kier alpha value is -0.445. The molecule has 2 nitrogen and oxygen atoms in total. The summed E-state index contributed by atoms with van der Waals surface area (Å²) in [4.78, 5) is 0.923. The van der Waals surface area contributed by atoms with Gasteiger partial charge in [-0.05, 0) is 45.3 Å². The molecule has 0 radical (unpaired) electrons. The molecule has 16 heavy (non-hydrogen) atoms. The Morgan fingerprint density at radius 2 is 1.62 bits per heavy atom. The van der Waals surface area contributed by atoms with Gasteiger partial charge in [-0.2, -0.15) is 0 Å². The molecule has 1 fully saturated rings. The highest BCUT2D eigenvalue weighted by atomic mass is 32.1. The summed E-state index contributed by atoms with van der Waals surface area (Å²) in [5.41, 5.74) is 0.445. The molecule has 86 valence electrons. The highest BCUT2D eigenvalue weighted by Crippen LogP contribution is 2.36. The SMILES string of the molecule is CC1(C)OB(c2cccc(S)c2)OC1(C)C. The maximum absolute atomic E-state index is 5.95. The van der Waals surface area contributed by atoms with Crippen molar-refractivity contribution in [2.75, 3.05) is 0 Å². The van der Waals surface area contributed by atoms with Gasteiger partial charge in [0.05, 0.1) is 11.2 Å². The average molecular weight is 236 g/mol. The van der Waals surface area contributed by atoms with Gasteiger partial charge in [0.2, 0.25) is 0 Å². The van der Waals surface area contributed by atoms with Crippen LogP contribution in [0.15, 0.2) is 29.2 Å². The van der Waals surface area contributed by atoms with Gasteiger partial charge in [0.25, 0.3) is 0 Å². The van der Waals surface area contributed by atoms with Crippen molar-refractivity contribution >= 4 is 25.2 Å². The second-order valence-corrected chi connectivity index (χ2v) is 5.70. The first kappa shape index (κ1) is 12.0. The van der Waals surface area contributed by atoms with E-state index in [9.17, 15) is 0 Å². The zero-order chi connectivity index (χ0) is 12.0. The van der Waals surface area contributed by atoms with Gasteiger partial charge in [0, 0.05) is 4.90 Å². The first-order chi connectivity index (χ1) is 7.32. The van der Waals surface area contributed by atoms with Crippen molar-refractivity contribution in [2.24, 2.45) is 0 Å². The van der Waals surface area contributed by atoms with Crippen molar-refractivity contribution in [3.63, 3.8) is 0 Å². The third kappa shape index (κ3) is 2.02. The zero-order valence-corrected chi connectivity index (χ0v) is 11.0. The van der Waals surface area contributed by atoms with E-state index in [1.54, 1.807) is 0 Å². The van der Waals surface area contributed by atoms with E-state index in [1.807, 2.05) is 24.3 Å². The van der Waals surface area contributed by atoms with Crippen LogP contribution in [0.5, 0.6) is 0 Å². The van der Waals surface area contributed by atoms with Crippen LogP contribution in [0.4, 0.5) is 0 Å². The van der Waals surface area contributed by atoms with Crippen LogP contribution in [0.2, 0.25) is 0 Å². The van der Waals surface area contributed by atoms with Crippen molar-refractivity contribution in [3.05, 3.63) is 24.3 Å². The molecular formula is C12H17BO2S. The van der Waals surface area contributed by atoms with Crippen LogP contribution in [-0.4, -0.2) is 18.3 Å². The molecule has 0 aromatic heterocycles. The summed E-state index contributed by atoms with van der Waals surface area (Å²) < 4.78 is 11.9. The first-order valence-corrected chi connectivity index (χ1v) is 5.91. The molecule has 1 aromatic rings. The second-order valence-electron chi connectivity index (χ2n) is 5.18. The molecule has 0 saturated carbocycles. The molecule has 0 atom stereocenters. The number of hydrogen-bond acceptors (Lipinski definition) is 3. The summed E-state index contributed by atoms with van der Waals surface area (Å²) in [6.45, 7) is 8.21. The van der Waals surface area contributed by atoms with Crippen molar-refractivity contribution in [2.45, 2.75) is 43.8 Å². The van der Waals surface area contributed by atoms with Gasteiger partial charge in [0.15, 0.2) is 0 Å². The molecule has 1 aromatic carbocycles. The van der Waals surface area contributed by atoms with Gasteiger partial charge in [0.1, 0.15) is 0 Å². The van der Waals surface area contributed by atoms with Gasteiger partial charge in [-0.15, -0.1) is 12.6 Å². The second kappa shape index (κ2) is 3.79. The number of rotatable bonds is 1. The largest absolute Gasteiger partial charge is 0.494 e. The maximum atomic E-state index is 5.95. The van der Waals surface area contributed by atoms with E-state index < -0.39 is 0 Å². The van der Waals surface area contributed by atoms with Crippen molar-refractivity contribution in [1.29, 1.82) is 0 Å². The smallest absolute Gasteiger partial charge is 0.399 e. The molecule has 2 rings (SSSR count). The Kier molecular flexibility index (Phi) is 2.85. The lowest BCUT2D eigenvalue weighted by Crippen LogP contribution is -2.41. The molecule has 0 aliphatic carbocycles. The van der Waals surface area contributed by atoms with Gasteiger partial charge in [-0.3, -0.25) is 0 Å². The molecular weight excluding hydrogens is 219 g/mol. The monoisotopic (exact) mass is 236 g/mol. The fraction of sp³-hybridized carbons (Fsp3) is 0.500. The molecule has 0 spiro atoms. The summed E-state index contributed by atoms with van der Waals surface area (Å²) in [7, 11) is -0.294. The van der Waals surface area contributed by atoms with Crippen LogP contribution in [0, 0.1) is 0 Å². The molecule has 1 heterocycles. The highest BCUT2D eigenvalue weighted by Gasteiger charge is 2.51. The van der Waals surface area contributed by atoms with Gasteiger partial charge in [-0.25, -0.2) is 0 Å². The van der Waals surface area contributed by atoms with E-state index in [-0.39, 0.29) is 18.3 Å². The molecule has 0 unspecified atom stereocenters. The Labute approximate surface area is 103 Å². The predicted molar refractivity (Wildman–Crippen MR) is 69.4 cm³/mol. The van der Waals surface area contributed by atoms with E-state index in [1.165, 1.54) is 0 Å². The predicted octanol–water partition coefficient (Wildman–Crippen LogP) is 2.27. The summed E-state index contributed by atoms with van der Waals surface area (Å²) in [6, 6.07) is 7.88. The molecule has 1 aliphatic heterocycles. The topological polar surface area (TPSA) is 18.5 Å². The van der Waals surface area contributed by atoms with E-state index in [4.69, 9.17) is 9.31 Å². The van der Waals surface area contributed by atoms with E-state index in [2.05, 4.69) is 40.3 Å². The van der Waals surface area contributed by atoms with E-state index in [0.29, 0.717) is 0 Å². The minimum Gasteiger partial charge on any atom is -0.399 e. The fourth-order valence-electron chi connectivity index (χ4n) is 1.65. The first-order valence-electron chi connectivity index (χ1n) is 5.46. The van der Waals surface area contributed by atoms with Crippen LogP contribution < -0.4 is 5.46 Å². The minimum atomic E-state index is -0.294. The van der Waals surface area contributed by atoms with Crippen LogP contribution in [0.25, 0.3) is 0 Å². The zero-order valence-electron chi connectivity index (χ0n) is 10.2. The Balaban J connectivity index is 2.27. The van der Waals surface area contributed by atoms with Crippen LogP contribution >= 0.6 is 12.6 Å². The Morgan fingerprint density at radius 3 is 2.12 bits per heavy atom. The van der Waals surface area contributed by atoms with Gasteiger partial charge >= 0.3 is 7.12 Å². The molecule has 1 aliphatic rings. The maximum Gasteiger partial charge on any atom is 0.494 e. The van der Waals surface area contributed by atoms with Gasteiger partial charge in [-0.1, -0.05) is 12.1 Å². The minimum absolute atomic E-state index is 0.287. The summed E-state index contributed by atoms with van der Waals surface area (Å²) in [5, 5.41) is 0. The third-order valence-corrected chi connectivity index (χ3v) is 3.67. The fourth-order valence-corrected chi connectivity index (χ4v) is 1.89. The summed E-state index contributed by atoms with van der Waals surface area (Å²) in [5.74, 6) is 0. The number of hydrogen-bond donors (Lipinski definition) is 1. The van der Waals surface area contributed by atoms with Gasteiger partial charge < -0.3 is 9.31 Å². The van der Waals surface area contributed by atoms with E-state index >= 15 is 0 Å². The molecule has 1 saturated heterocycles. The van der Waals surface area contributed by atoms with Crippen molar-refractivity contribution < 1.29 is 9.31 Å². The summed E-state index contributed by atoms with van der Waals surface area (Å²) in [6.07, 6.45) is 0. The normalized spacial score (nSPS) is 22.4. The lowest BCUT2D eigenvalue weighted by molar-refractivity contribution is 0.00578. The molecule has 0 N–H and O–H groups in total. The molecule has 4 heteroatoms. The van der Waals surface area contributed by atoms with Crippen LogP contribution in [0.3, 0.4) is 0 Å². The van der Waals surface area contributed by atoms with Crippen molar-refractivity contribution in [3.8, 4) is 0 Å². The summed E-state index contributed by atoms with van der Waals surface area (Å²) >= 11 is 4.32. The van der Waals surface area contributed by atoms with Crippen LogP contribution in [0.1, 0.15) is 27.7 Å². The molecule has 0 bridgehead atoms. The van der Waals surface area contributed by atoms with Crippen LogP contribution in [-0.2, 0) is 9.31 Å².